The Bertz CT molecular complexity index is 1410. The smallest absolute Gasteiger partial charge is 0.324 e. The van der Waals surface area contributed by atoms with E-state index < -0.39 is 12.1 Å². The predicted octanol–water partition coefficient (Wildman–Crippen LogP) is 5.97. The summed E-state index contributed by atoms with van der Waals surface area (Å²) >= 11 is 0. The number of rotatable bonds is 8. The van der Waals surface area contributed by atoms with Gasteiger partial charge in [0.1, 0.15) is 23.4 Å². The van der Waals surface area contributed by atoms with Crippen molar-refractivity contribution >= 4 is 29.1 Å². The Morgan fingerprint density at radius 1 is 0.846 bits per heavy atom. The van der Waals surface area contributed by atoms with Gasteiger partial charge in [0.05, 0.1) is 11.4 Å². The summed E-state index contributed by atoms with van der Waals surface area (Å²) in [5, 5.41) is 13.3. The lowest BCUT2D eigenvalue weighted by Gasteiger charge is -2.14. The Kier molecular flexibility index (Phi) is 8.26. The number of pyridine rings is 1. The number of benzene rings is 2. The topological polar surface area (TPSA) is 119 Å². The fourth-order valence-corrected chi connectivity index (χ4v) is 3.50. The molecule has 1 unspecified atom stereocenters. The number of hydrogen-bond acceptors (Lipinski definition) is 6. The van der Waals surface area contributed by atoms with Crippen LogP contribution in [0.2, 0.25) is 0 Å². The average molecular weight is 529 g/mol. The second-order valence-corrected chi connectivity index (χ2v) is 9.88. The number of nitrogens with zero attached hydrogens (tertiary/aromatic N) is 3. The highest BCUT2D eigenvalue weighted by Crippen LogP contribution is 2.27. The number of ether oxygens (including phenoxy) is 2. The fourth-order valence-electron chi connectivity index (χ4n) is 3.50. The van der Waals surface area contributed by atoms with Crippen LogP contribution in [0.4, 0.5) is 22.0 Å². The molecule has 2 aromatic carbocycles. The number of carbonyl (C=O) groups excluding carboxylic acids is 2. The molecular formula is C29H32N6O4. The Hall–Kier alpha value is -4.70. The Balaban J connectivity index is 1.48. The highest BCUT2D eigenvalue weighted by atomic mass is 16.5. The molecule has 3 amide bonds. The monoisotopic (exact) mass is 528 g/mol. The van der Waals surface area contributed by atoms with E-state index in [-0.39, 0.29) is 11.3 Å². The fraction of sp³-hybridized carbons (Fsp3) is 0.241. The molecule has 4 rings (SSSR count). The molecule has 0 aliphatic rings. The van der Waals surface area contributed by atoms with Gasteiger partial charge in [-0.25, -0.2) is 9.48 Å². The van der Waals surface area contributed by atoms with Crippen molar-refractivity contribution in [3.05, 3.63) is 84.8 Å². The number of amides is 3. The van der Waals surface area contributed by atoms with Gasteiger partial charge in [-0.3, -0.25) is 15.1 Å². The Morgan fingerprint density at radius 2 is 1.44 bits per heavy atom. The summed E-state index contributed by atoms with van der Waals surface area (Å²) in [6.07, 6.45) is 2.74. The minimum absolute atomic E-state index is 0.240. The number of aromatic nitrogens is 3. The van der Waals surface area contributed by atoms with E-state index in [9.17, 15) is 9.59 Å². The third-order valence-electron chi connectivity index (χ3n) is 5.82. The first kappa shape index (κ1) is 27.3. The van der Waals surface area contributed by atoms with Crippen molar-refractivity contribution < 1.29 is 19.1 Å². The van der Waals surface area contributed by atoms with E-state index in [2.05, 4.69) is 41.7 Å². The number of hydrogen-bond donors (Lipinski definition) is 3. The molecule has 0 radical (unpaired) electrons. The van der Waals surface area contributed by atoms with E-state index in [0.29, 0.717) is 28.7 Å². The van der Waals surface area contributed by atoms with Crippen LogP contribution in [0.1, 0.15) is 33.4 Å². The maximum absolute atomic E-state index is 12.9. The van der Waals surface area contributed by atoms with E-state index in [1.807, 2.05) is 18.2 Å². The molecule has 0 aliphatic carbocycles. The number of carbonyl (C=O) groups is 2. The van der Waals surface area contributed by atoms with Crippen LogP contribution in [0.5, 0.6) is 11.5 Å². The molecule has 10 heteroatoms. The molecule has 0 fully saturated rings. The molecule has 3 N–H and O–H groups in total. The summed E-state index contributed by atoms with van der Waals surface area (Å²) in [4.78, 5) is 29.0. The van der Waals surface area contributed by atoms with Gasteiger partial charge >= 0.3 is 6.03 Å². The van der Waals surface area contributed by atoms with Gasteiger partial charge in [-0.15, -0.1) is 0 Å². The van der Waals surface area contributed by atoms with Crippen molar-refractivity contribution in [2.75, 3.05) is 23.1 Å². The number of methoxy groups -OCH3 is 1. The zero-order chi connectivity index (χ0) is 28.0. The zero-order valence-corrected chi connectivity index (χ0v) is 22.6. The maximum atomic E-state index is 12.9. The van der Waals surface area contributed by atoms with Crippen LogP contribution in [-0.4, -0.2) is 39.9 Å². The molecule has 0 spiro atoms. The number of nitrogens with one attached hydrogen (secondary N) is 3. The molecule has 0 aliphatic heterocycles. The average Bonchev–Trinajstić information content (AvgIpc) is 3.34. The van der Waals surface area contributed by atoms with Crippen LogP contribution in [0.25, 0.3) is 5.69 Å². The molecule has 4 aromatic rings. The van der Waals surface area contributed by atoms with Crippen LogP contribution < -0.4 is 20.7 Å². The van der Waals surface area contributed by atoms with Crippen molar-refractivity contribution in [2.24, 2.45) is 0 Å². The SMILES string of the molecule is COC(C)C(=O)Nc1ccc(-n2nc(C(C)(C)C)cc2NC(=O)Nc2ccc(Oc3ccncc3)cc2)cc1. The predicted molar refractivity (Wildman–Crippen MR) is 151 cm³/mol. The molecule has 0 saturated carbocycles. The Morgan fingerprint density at radius 3 is 2.05 bits per heavy atom. The molecule has 0 bridgehead atoms. The largest absolute Gasteiger partial charge is 0.457 e. The normalized spacial score (nSPS) is 11.9. The molecule has 10 nitrogen and oxygen atoms in total. The van der Waals surface area contributed by atoms with Crippen molar-refractivity contribution in [1.82, 2.24) is 14.8 Å². The molecular weight excluding hydrogens is 496 g/mol. The molecule has 202 valence electrons. The minimum Gasteiger partial charge on any atom is -0.457 e. The summed E-state index contributed by atoms with van der Waals surface area (Å²) in [5.41, 5.74) is 2.51. The van der Waals surface area contributed by atoms with Crippen molar-refractivity contribution in [3.63, 3.8) is 0 Å². The van der Waals surface area contributed by atoms with Crippen LogP contribution in [0.15, 0.2) is 79.1 Å². The van der Waals surface area contributed by atoms with E-state index in [1.165, 1.54) is 7.11 Å². The summed E-state index contributed by atoms with van der Waals surface area (Å²) in [6, 6.07) is 19.2. The van der Waals surface area contributed by atoms with Gasteiger partial charge in [-0.2, -0.15) is 5.10 Å². The second-order valence-electron chi connectivity index (χ2n) is 9.88. The summed E-state index contributed by atoms with van der Waals surface area (Å²) in [7, 11) is 1.48. The number of urea groups is 1. The van der Waals surface area contributed by atoms with Crippen molar-refractivity contribution in [1.29, 1.82) is 0 Å². The lowest BCUT2D eigenvalue weighted by molar-refractivity contribution is -0.124. The zero-order valence-electron chi connectivity index (χ0n) is 22.6. The Labute approximate surface area is 227 Å². The van der Waals surface area contributed by atoms with Gasteiger partial charge in [0.15, 0.2) is 0 Å². The van der Waals surface area contributed by atoms with Gasteiger partial charge in [-0.05, 0) is 67.6 Å². The maximum Gasteiger partial charge on any atom is 0.324 e. The van der Waals surface area contributed by atoms with Crippen LogP contribution in [0, 0.1) is 0 Å². The highest BCUT2D eigenvalue weighted by Gasteiger charge is 2.22. The minimum atomic E-state index is -0.565. The van der Waals surface area contributed by atoms with Crippen molar-refractivity contribution in [3.8, 4) is 17.2 Å². The summed E-state index contributed by atoms with van der Waals surface area (Å²) in [6.45, 7) is 7.83. The van der Waals surface area contributed by atoms with Gasteiger partial charge in [0, 0.05) is 42.4 Å². The molecule has 2 aromatic heterocycles. The van der Waals surface area contributed by atoms with E-state index in [1.54, 1.807) is 72.5 Å². The molecule has 2 heterocycles. The molecule has 0 saturated heterocycles. The first-order valence-electron chi connectivity index (χ1n) is 12.4. The third kappa shape index (κ3) is 7.20. The van der Waals surface area contributed by atoms with Gasteiger partial charge in [0.25, 0.3) is 5.91 Å². The third-order valence-corrected chi connectivity index (χ3v) is 5.82. The second kappa shape index (κ2) is 11.8. The van der Waals surface area contributed by atoms with E-state index >= 15 is 0 Å². The standard InChI is InChI=1S/C29H32N6O4/c1-19(38-5)27(36)31-20-6-10-22(11-7-20)35-26(18-25(34-35)29(2,3)4)33-28(37)32-21-8-12-23(13-9-21)39-24-14-16-30-17-15-24/h6-19H,1-5H3,(H,31,36)(H2,32,33,37). The molecule has 39 heavy (non-hydrogen) atoms. The van der Waals surface area contributed by atoms with E-state index in [4.69, 9.17) is 14.6 Å². The highest BCUT2D eigenvalue weighted by molar-refractivity contribution is 5.99. The summed E-state index contributed by atoms with van der Waals surface area (Å²) < 4.78 is 12.5. The first-order chi connectivity index (χ1) is 18.6. The van der Waals surface area contributed by atoms with Gasteiger partial charge < -0.3 is 20.1 Å². The quantitative estimate of drug-likeness (QED) is 0.259. The summed E-state index contributed by atoms with van der Waals surface area (Å²) in [5.74, 6) is 1.57. The first-order valence-corrected chi connectivity index (χ1v) is 12.4. The van der Waals surface area contributed by atoms with Crippen LogP contribution >= 0.6 is 0 Å². The number of anilines is 3. The molecule has 1 atom stereocenters. The van der Waals surface area contributed by atoms with E-state index in [0.717, 1.165) is 11.4 Å². The van der Waals surface area contributed by atoms with Gasteiger partial charge in [-0.1, -0.05) is 20.8 Å². The van der Waals surface area contributed by atoms with Crippen molar-refractivity contribution in [2.45, 2.75) is 39.2 Å². The lowest BCUT2D eigenvalue weighted by atomic mass is 9.92. The van der Waals surface area contributed by atoms with Gasteiger partial charge in [0.2, 0.25) is 0 Å². The van der Waals surface area contributed by atoms with Crippen LogP contribution in [-0.2, 0) is 14.9 Å². The lowest BCUT2D eigenvalue weighted by Crippen LogP contribution is -2.26. The van der Waals surface area contributed by atoms with Crippen LogP contribution in [0.3, 0.4) is 0 Å².